The molecule has 1 fully saturated rings. The molecule has 0 N–H and O–H groups in total. The van der Waals surface area contributed by atoms with E-state index >= 15 is 0 Å². The maximum Gasteiger partial charge on any atom is 0.403 e. The van der Waals surface area contributed by atoms with Crippen molar-refractivity contribution in [3.05, 3.63) is 0 Å². The molecule has 152 valence electrons. The number of rotatable bonds is 4. The lowest BCUT2D eigenvalue weighted by Gasteiger charge is -2.42. The van der Waals surface area contributed by atoms with Crippen LogP contribution < -0.4 is 0 Å². The number of hydrogen-bond acceptors (Lipinski definition) is 2. The third-order valence-corrected chi connectivity index (χ3v) is 5.12. The van der Waals surface area contributed by atoms with Gasteiger partial charge in [0.1, 0.15) is 11.2 Å². The SMILES string of the molecule is CC(C)(C(=O)CC(=O)C1CCC(C(F)(F)F)(C(F)(F)F)CC1)C(F)(F)F. The Hall–Kier alpha value is -1.29. The lowest BCUT2D eigenvalue weighted by Crippen LogP contribution is -2.52. The summed E-state index contributed by atoms with van der Waals surface area (Å²) in [7, 11) is 0. The van der Waals surface area contributed by atoms with Crippen LogP contribution in [0.3, 0.4) is 0 Å². The third-order valence-electron chi connectivity index (χ3n) is 5.12. The van der Waals surface area contributed by atoms with Gasteiger partial charge in [0.15, 0.2) is 11.2 Å². The number of carbonyl (C=O) groups is 2. The fraction of sp³-hybridized carbons (Fsp3) is 0.867. The van der Waals surface area contributed by atoms with Gasteiger partial charge >= 0.3 is 18.5 Å². The van der Waals surface area contributed by atoms with E-state index in [0.717, 1.165) is 0 Å². The second-order valence-corrected chi connectivity index (χ2v) is 7.04. The van der Waals surface area contributed by atoms with E-state index in [1.54, 1.807) is 0 Å². The van der Waals surface area contributed by atoms with Crippen molar-refractivity contribution < 1.29 is 49.1 Å². The van der Waals surface area contributed by atoms with Gasteiger partial charge in [-0.2, -0.15) is 39.5 Å². The molecule has 1 aliphatic carbocycles. The zero-order chi connectivity index (χ0) is 20.8. The van der Waals surface area contributed by atoms with Gasteiger partial charge in [-0.05, 0) is 39.5 Å². The maximum atomic E-state index is 12.9. The van der Waals surface area contributed by atoms with Crippen LogP contribution in [0.5, 0.6) is 0 Å². The Morgan fingerprint density at radius 1 is 0.846 bits per heavy atom. The quantitative estimate of drug-likeness (QED) is 0.468. The van der Waals surface area contributed by atoms with Crippen molar-refractivity contribution in [1.29, 1.82) is 0 Å². The van der Waals surface area contributed by atoms with Gasteiger partial charge in [0.2, 0.25) is 0 Å². The molecule has 11 heteroatoms. The fourth-order valence-electron chi connectivity index (χ4n) is 2.84. The molecule has 0 atom stereocenters. The van der Waals surface area contributed by atoms with Crippen LogP contribution in [0.25, 0.3) is 0 Å². The minimum atomic E-state index is -5.56. The van der Waals surface area contributed by atoms with Crippen molar-refractivity contribution >= 4 is 11.6 Å². The first-order chi connectivity index (χ1) is 11.4. The summed E-state index contributed by atoms with van der Waals surface area (Å²) in [5.41, 5.74) is -6.77. The van der Waals surface area contributed by atoms with Gasteiger partial charge in [-0.3, -0.25) is 9.59 Å². The van der Waals surface area contributed by atoms with Crippen molar-refractivity contribution in [2.45, 2.75) is 64.5 Å². The molecule has 0 aromatic carbocycles. The van der Waals surface area contributed by atoms with E-state index in [1.165, 1.54) is 0 Å². The van der Waals surface area contributed by atoms with Crippen LogP contribution >= 0.6 is 0 Å². The lowest BCUT2D eigenvalue weighted by atomic mass is 9.67. The van der Waals surface area contributed by atoms with Gasteiger partial charge in [0, 0.05) is 5.92 Å². The first-order valence-corrected chi connectivity index (χ1v) is 7.63. The third kappa shape index (κ3) is 4.00. The molecule has 2 nitrogen and oxygen atoms in total. The highest BCUT2D eigenvalue weighted by atomic mass is 19.4. The van der Waals surface area contributed by atoms with Gasteiger partial charge in [-0.25, -0.2) is 0 Å². The summed E-state index contributed by atoms with van der Waals surface area (Å²) in [6.45, 7) is 1.11. The van der Waals surface area contributed by atoms with Crippen molar-refractivity contribution in [1.82, 2.24) is 0 Å². The average molecular weight is 400 g/mol. The Labute approximate surface area is 143 Å². The highest BCUT2D eigenvalue weighted by Gasteiger charge is 2.70. The Kier molecular flexibility index (Phi) is 5.87. The molecule has 0 heterocycles. The number of hydrogen-bond donors (Lipinski definition) is 0. The normalized spacial score (nSPS) is 20.1. The molecule has 1 saturated carbocycles. The maximum absolute atomic E-state index is 12.9. The van der Waals surface area contributed by atoms with E-state index in [9.17, 15) is 49.1 Å². The molecule has 26 heavy (non-hydrogen) atoms. The first-order valence-electron chi connectivity index (χ1n) is 7.63. The molecule has 0 unspecified atom stereocenters. The molecule has 1 rings (SSSR count). The van der Waals surface area contributed by atoms with Crippen LogP contribution in [0.1, 0.15) is 46.0 Å². The predicted molar refractivity (Wildman–Crippen MR) is 71.0 cm³/mol. The summed E-state index contributed by atoms with van der Waals surface area (Å²) in [4.78, 5) is 23.7. The van der Waals surface area contributed by atoms with Crippen LogP contribution in [-0.2, 0) is 9.59 Å². The highest BCUT2D eigenvalue weighted by molar-refractivity contribution is 6.02. The van der Waals surface area contributed by atoms with Gasteiger partial charge in [-0.15, -0.1) is 0 Å². The molecule has 0 amide bonds. The number of ketones is 2. The Morgan fingerprint density at radius 2 is 1.23 bits per heavy atom. The summed E-state index contributed by atoms with van der Waals surface area (Å²) in [6, 6.07) is 0. The molecule has 1 aliphatic rings. The van der Waals surface area contributed by atoms with Gasteiger partial charge in [0.25, 0.3) is 0 Å². The number of alkyl halides is 9. The minimum Gasteiger partial charge on any atom is -0.299 e. The molecule has 0 aromatic heterocycles. The van der Waals surface area contributed by atoms with E-state index in [4.69, 9.17) is 0 Å². The zero-order valence-electron chi connectivity index (χ0n) is 13.8. The summed E-state index contributed by atoms with van der Waals surface area (Å²) < 4.78 is 116. The molecular weight excluding hydrogens is 383 g/mol. The molecule has 0 spiro atoms. The zero-order valence-corrected chi connectivity index (χ0v) is 13.8. The van der Waals surface area contributed by atoms with Crippen LogP contribution in [0.2, 0.25) is 0 Å². The van der Waals surface area contributed by atoms with Gasteiger partial charge < -0.3 is 0 Å². The van der Waals surface area contributed by atoms with Gasteiger partial charge in [-0.1, -0.05) is 0 Å². The van der Waals surface area contributed by atoms with Crippen LogP contribution in [-0.4, -0.2) is 30.1 Å². The molecule has 0 aliphatic heterocycles. The van der Waals surface area contributed by atoms with E-state index in [2.05, 4.69) is 0 Å². The Bertz CT molecular complexity index is 531. The summed E-state index contributed by atoms with van der Waals surface area (Å²) >= 11 is 0. The Morgan fingerprint density at radius 3 is 1.54 bits per heavy atom. The van der Waals surface area contributed by atoms with Gasteiger partial charge in [0.05, 0.1) is 6.42 Å². The van der Waals surface area contributed by atoms with Crippen LogP contribution in [0.15, 0.2) is 0 Å². The van der Waals surface area contributed by atoms with Crippen molar-refractivity contribution in [2.75, 3.05) is 0 Å². The van der Waals surface area contributed by atoms with E-state index < -0.39 is 78.9 Å². The lowest BCUT2D eigenvalue weighted by molar-refractivity contribution is -0.351. The largest absolute Gasteiger partial charge is 0.403 e. The van der Waals surface area contributed by atoms with E-state index in [-0.39, 0.29) is 0 Å². The number of Topliss-reactive ketones (excluding diaryl/α,β-unsaturated/α-hetero) is 2. The molecule has 0 saturated heterocycles. The van der Waals surface area contributed by atoms with Crippen LogP contribution in [0.4, 0.5) is 39.5 Å². The molecule has 0 bridgehead atoms. The average Bonchev–Trinajstić information content (AvgIpc) is 2.43. The first kappa shape index (κ1) is 22.8. The second kappa shape index (κ2) is 6.70. The van der Waals surface area contributed by atoms with Crippen molar-refractivity contribution in [3.63, 3.8) is 0 Å². The smallest absolute Gasteiger partial charge is 0.299 e. The van der Waals surface area contributed by atoms with E-state index in [0.29, 0.717) is 13.8 Å². The molecular formula is C15H17F9O2. The molecule has 0 radical (unpaired) electrons. The Balaban J connectivity index is 2.85. The summed E-state index contributed by atoms with van der Waals surface area (Å²) in [5.74, 6) is -3.84. The standard InChI is InChI=1S/C15H17F9O2/c1-11(2,13(16,17)18)10(26)7-9(25)8-3-5-12(6-4-8,14(19,20)21)15(22,23)24/h8H,3-7H2,1-2H3. The second-order valence-electron chi connectivity index (χ2n) is 7.04. The minimum absolute atomic E-state index is 0.557. The predicted octanol–water partition coefficient (Wildman–Crippen LogP) is 5.40. The number of halogens is 9. The fourth-order valence-corrected chi connectivity index (χ4v) is 2.84. The van der Waals surface area contributed by atoms with Crippen molar-refractivity contribution in [2.24, 2.45) is 16.7 Å². The topological polar surface area (TPSA) is 34.1 Å². The van der Waals surface area contributed by atoms with Crippen LogP contribution in [0, 0.1) is 16.7 Å². The summed E-state index contributed by atoms with van der Waals surface area (Å²) in [6.07, 6.45) is -21.6. The summed E-state index contributed by atoms with van der Waals surface area (Å²) in [5, 5.41) is 0. The monoisotopic (exact) mass is 400 g/mol. The van der Waals surface area contributed by atoms with Crippen molar-refractivity contribution in [3.8, 4) is 0 Å². The number of carbonyl (C=O) groups excluding carboxylic acids is 2. The highest BCUT2D eigenvalue weighted by Crippen LogP contribution is 2.59. The molecule has 0 aromatic rings. The van der Waals surface area contributed by atoms with E-state index in [1.807, 2.05) is 0 Å².